The summed E-state index contributed by atoms with van der Waals surface area (Å²) in [6.45, 7) is 5.17. The molecule has 1 aromatic heterocycles. The quantitative estimate of drug-likeness (QED) is 0.580. The van der Waals surface area contributed by atoms with Gasteiger partial charge in [0.15, 0.2) is 0 Å². The fourth-order valence-electron chi connectivity index (χ4n) is 4.25. The van der Waals surface area contributed by atoms with E-state index in [9.17, 15) is 9.59 Å². The molecule has 4 rings (SSSR count). The number of rotatable bonds is 6. The van der Waals surface area contributed by atoms with Crippen LogP contribution in [0.2, 0.25) is 0 Å². The Kier molecular flexibility index (Phi) is 7.15. The maximum atomic E-state index is 13.0. The molecule has 0 unspecified atom stereocenters. The smallest absolute Gasteiger partial charge is 0.256 e. The number of carbonyl (C=O) groups excluding carboxylic acids is 2. The van der Waals surface area contributed by atoms with Gasteiger partial charge in [-0.1, -0.05) is 36.4 Å². The van der Waals surface area contributed by atoms with Crippen LogP contribution in [-0.2, 0) is 4.74 Å². The third-order valence-electron chi connectivity index (χ3n) is 6.11. The van der Waals surface area contributed by atoms with Crippen LogP contribution in [-0.4, -0.2) is 40.9 Å². The standard InChI is InChI=1S/C27H29N3O3/c1-3-30(27(32)22-9-5-4-6-10-22)23-15-17-33-24(18-23)20-11-13-21(14-12-20)26(31)29-25-19(2)8-7-16-28-25/h4-14,16,23-24H,3,15,17-18H2,1-2H3,(H,28,29,31)/t23-,24+/m1/s1. The monoisotopic (exact) mass is 443 g/mol. The van der Waals surface area contributed by atoms with Crippen molar-refractivity contribution < 1.29 is 14.3 Å². The Hall–Kier alpha value is -3.51. The van der Waals surface area contributed by atoms with Crippen molar-refractivity contribution in [3.63, 3.8) is 0 Å². The maximum absolute atomic E-state index is 13.0. The number of hydrogen-bond donors (Lipinski definition) is 1. The van der Waals surface area contributed by atoms with E-state index in [1.165, 1.54) is 0 Å². The molecule has 6 heteroatoms. The summed E-state index contributed by atoms with van der Waals surface area (Å²) in [5.74, 6) is 0.421. The Bertz CT molecular complexity index is 1100. The van der Waals surface area contributed by atoms with Crippen molar-refractivity contribution in [2.24, 2.45) is 0 Å². The van der Waals surface area contributed by atoms with Gasteiger partial charge in [0.05, 0.1) is 6.10 Å². The summed E-state index contributed by atoms with van der Waals surface area (Å²) in [7, 11) is 0. The second-order valence-electron chi connectivity index (χ2n) is 8.24. The zero-order chi connectivity index (χ0) is 23.2. The summed E-state index contributed by atoms with van der Waals surface area (Å²) in [5.41, 5.74) is 3.19. The van der Waals surface area contributed by atoms with Gasteiger partial charge in [0, 0.05) is 36.5 Å². The summed E-state index contributed by atoms with van der Waals surface area (Å²) in [6, 6.07) is 20.7. The summed E-state index contributed by atoms with van der Waals surface area (Å²) in [4.78, 5) is 31.8. The molecule has 33 heavy (non-hydrogen) atoms. The number of pyridine rings is 1. The predicted molar refractivity (Wildman–Crippen MR) is 128 cm³/mol. The summed E-state index contributed by atoms with van der Waals surface area (Å²) < 4.78 is 6.04. The van der Waals surface area contributed by atoms with Crippen LogP contribution in [0.1, 0.15) is 57.7 Å². The number of benzene rings is 2. The molecule has 2 atom stereocenters. The molecule has 1 aliphatic heterocycles. The highest BCUT2D eigenvalue weighted by atomic mass is 16.5. The fourth-order valence-corrected chi connectivity index (χ4v) is 4.25. The topological polar surface area (TPSA) is 71.5 Å². The summed E-state index contributed by atoms with van der Waals surface area (Å²) in [6.07, 6.45) is 3.08. The molecule has 6 nitrogen and oxygen atoms in total. The zero-order valence-corrected chi connectivity index (χ0v) is 19.0. The largest absolute Gasteiger partial charge is 0.373 e. The third-order valence-corrected chi connectivity index (χ3v) is 6.11. The van der Waals surface area contributed by atoms with Gasteiger partial charge in [-0.2, -0.15) is 0 Å². The Morgan fingerprint density at radius 1 is 1.03 bits per heavy atom. The average molecular weight is 444 g/mol. The van der Waals surface area contributed by atoms with E-state index < -0.39 is 0 Å². The van der Waals surface area contributed by atoms with E-state index >= 15 is 0 Å². The Morgan fingerprint density at radius 3 is 2.48 bits per heavy atom. The van der Waals surface area contributed by atoms with Crippen molar-refractivity contribution in [3.8, 4) is 0 Å². The molecule has 2 amide bonds. The van der Waals surface area contributed by atoms with E-state index in [-0.39, 0.29) is 24.0 Å². The van der Waals surface area contributed by atoms with E-state index in [2.05, 4.69) is 10.3 Å². The fraction of sp³-hybridized carbons (Fsp3) is 0.296. The zero-order valence-electron chi connectivity index (χ0n) is 19.0. The lowest BCUT2D eigenvalue weighted by atomic mass is 9.95. The SMILES string of the molecule is CCN(C(=O)c1ccccc1)[C@@H]1CCO[C@H](c2ccc(C(=O)Nc3ncccc3C)cc2)C1. The molecular formula is C27H29N3O3. The van der Waals surface area contributed by atoms with E-state index in [1.807, 2.05) is 85.5 Å². The second kappa shape index (κ2) is 10.4. The highest BCUT2D eigenvalue weighted by molar-refractivity contribution is 6.04. The van der Waals surface area contributed by atoms with Gasteiger partial charge in [-0.05, 0) is 68.1 Å². The van der Waals surface area contributed by atoms with Crippen molar-refractivity contribution in [1.29, 1.82) is 0 Å². The van der Waals surface area contributed by atoms with Gasteiger partial charge in [-0.15, -0.1) is 0 Å². The lowest BCUT2D eigenvalue weighted by Gasteiger charge is -2.37. The van der Waals surface area contributed by atoms with Crippen molar-refractivity contribution in [2.45, 2.75) is 38.8 Å². The number of carbonyl (C=O) groups is 2. The molecule has 0 saturated carbocycles. The van der Waals surface area contributed by atoms with Crippen molar-refractivity contribution in [1.82, 2.24) is 9.88 Å². The van der Waals surface area contributed by atoms with Crippen LogP contribution >= 0.6 is 0 Å². The molecular weight excluding hydrogens is 414 g/mol. The van der Waals surface area contributed by atoms with Crippen molar-refractivity contribution in [2.75, 3.05) is 18.5 Å². The van der Waals surface area contributed by atoms with Crippen molar-refractivity contribution in [3.05, 3.63) is 95.2 Å². The highest BCUT2D eigenvalue weighted by Gasteiger charge is 2.30. The number of amides is 2. The van der Waals surface area contributed by atoms with Crippen LogP contribution in [0, 0.1) is 6.92 Å². The molecule has 0 spiro atoms. The molecule has 170 valence electrons. The molecule has 0 bridgehead atoms. The van der Waals surface area contributed by atoms with Crippen LogP contribution in [0.4, 0.5) is 5.82 Å². The van der Waals surface area contributed by atoms with Gasteiger partial charge in [-0.25, -0.2) is 4.98 Å². The van der Waals surface area contributed by atoms with Crippen LogP contribution in [0.3, 0.4) is 0 Å². The molecule has 2 heterocycles. The van der Waals surface area contributed by atoms with Crippen LogP contribution in [0.15, 0.2) is 72.9 Å². The number of aryl methyl sites for hydroxylation is 1. The lowest BCUT2D eigenvalue weighted by Crippen LogP contribution is -2.43. The molecule has 0 aliphatic carbocycles. The first-order valence-electron chi connectivity index (χ1n) is 11.4. The Morgan fingerprint density at radius 2 is 1.79 bits per heavy atom. The molecule has 1 fully saturated rings. The first-order chi connectivity index (χ1) is 16.1. The first-order valence-corrected chi connectivity index (χ1v) is 11.4. The normalized spacial score (nSPS) is 17.9. The number of anilines is 1. The van der Waals surface area contributed by atoms with Crippen LogP contribution in [0.25, 0.3) is 0 Å². The molecule has 1 aliphatic rings. The minimum atomic E-state index is -0.198. The van der Waals surface area contributed by atoms with Gasteiger partial charge < -0.3 is 15.0 Å². The Labute approximate surface area is 194 Å². The van der Waals surface area contributed by atoms with E-state index in [0.717, 1.165) is 24.0 Å². The highest BCUT2D eigenvalue weighted by Crippen LogP contribution is 2.31. The molecule has 1 saturated heterocycles. The third kappa shape index (κ3) is 5.29. The number of hydrogen-bond acceptors (Lipinski definition) is 4. The average Bonchev–Trinajstić information content (AvgIpc) is 2.86. The minimum Gasteiger partial charge on any atom is -0.373 e. The number of ether oxygens (including phenoxy) is 1. The van der Waals surface area contributed by atoms with Crippen LogP contribution in [0.5, 0.6) is 0 Å². The second-order valence-corrected chi connectivity index (χ2v) is 8.24. The van der Waals surface area contributed by atoms with Gasteiger partial charge in [0.25, 0.3) is 11.8 Å². The molecule has 2 aromatic carbocycles. The van der Waals surface area contributed by atoms with Gasteiger partial charge >= 0.3 is 0 Å². The molecule has 1 N–H and O–H groups in total. The molecule has 0 radical (unpaired) electrons. The number of nitrogens with one attached hydrogen (secondary N) is 1. The summed E-state index contributed by atoms with van der Waals surface area (Å²) >= 11 is 0. The summed E-state index contributed by atoms with van der Waals surface area (Å²) in [5, 5.41) is 2.86. The van der Waals surface area contributed by atoms with E-state index in [4.69, 9.17) is 4.74 Å². The first kappa shape index (κ1) is 22.7. The minimum absolute atomic E-state index is 0.0561. The van der Waals surface area contributed by atoms with E-state index in [0.29, 0.717) is 30.1 Å². The van der Waals surface area contributed by atoms with Gasteiger partial charge in [0.1, 0.15) is 5.82 Å². The van der Waals surface area contributed by atoms with Gasteiger partial charge in [-0.3, -0.25) is 9.59 Å². The molecule has 3 aromatic rings. The lowest BCUT2D eigenvalue weighted by molar-refractivity contribution is -0.0231. The van der Waals surface area contributed by atoms with Gasteiger partial charge in [0.2, 0.25) is 0 Å². The number of aromatic nitrogens is 1. The Balaban J connectivity index is 1.43. The van der Waals surface area contributed by atoms with Crippen molar-refractivity contribution >= 4 is 17.6 Å². The van der Waals surface area contributed by atoms with Crippen LogP contribution < -0.4 is 5.32 Å². The predicted octanol–water partition coefficient (Wildman–Crippen LogP) is 5.02. The number of nitrogens with zero attached hydrogens (tertiary/aromatic N) is 2. The van der Waals surface area contributed by atoms with E-state index in [1.54, 1.807) is 6.20 Å². The maximum Gasteiger partial charge on any atom is 0.256 e.